The summed E-state index contributed by atoms with van der Waals surface area (Å²) in [5.41, 5.74) is 2.09. The lowest BCUT2D eigenvalue weighted by Crippen LogP contribution is -2.32. The molecule has 1 atom stereocenters. The molecular formula is C17H18BrNO. The summed E-state index contributed by atoms with van der Waals surface area (Å²) in [6.07, 6.45) is 0.758. The number of nitrogens with zero attached hydrogens (tertiary/aromatic N) is 1. The minimum Gasteiger partial charge on any atom is -0.314 e. The minimum atomic E-state index is -0.0468. The summed E-state index contributed by atoms with van der Waals surface area (Å²) in [6, 6.07) is 17.9. The van der Waals surface area contributed by atoms with Gasteiger partial charge in [-0.2, -0.15) is 0 Å². The highest BCUT2D eigenvalue weighted by atomic mass is 79.9. The number of rotatable bonds is 4. The van der Waals surface area contributed by atoms with Crippen molar-refractivity contribution in [1.82, 2.24) is 0 Å². The van der Waals surface area contributed by atoms with Crippen molar-refractivity contribution in [3.8, 4) is 0 Å². The third-order valence-electron chi connectivity index (χ3n) is 3.35. The van der Waals surface area contributed by atoms with E-state index in [0.717, 1.165) is 16.6 Å². The van der Waals surface area contributed by atoms with Gasteiger partial charge in [0.1, 0.15) is 0 Å². The molecule has 0 radical (unpaired) electrons. The summed E-state index contributed by atoms with van der Waals surface area (Å²) < 4.78 is 0.933. The van der Waals surface area contributed by atoms with Crippen LogP contribution in [0.15, 0.2) is 59.1 Å². The molecule has 0 bridgehead atoms. The highest BCUT2D eigenvalue weighted by Gasteiger charge is 2.20. The maximum absolute atomic E-state index is 12.5. The Hall–Kier alpha value is -1.61. The second kappa shape index (κ2) is 6.71. The van der Waals surface area contributed by atoms with Gasteiger partial charge in [-0.15, -0.1) is 0 Å². The van der Waals surface area contributed by atoms with Crippen LogP contribution in [0.3, 0.4) is 0 Å². The van der Waals surface area contributed by atoms with Crippen LogP contribution in [0.4, 0.5) is 5.69 Å². The molecule has 1 amide bonds. The number of benzene rings is 2. The van der Waals surface area contributed by atoms with Gasteiger partial charge in [-0.1, -0.05) is 49.4 Å². The van der Waals surface area contributed by atoms with E-state index in [1.54, 1.807) is 4.90 Å². The first-order chi connectivity index (χ1) is 9.59. The van der Waals surface area contributed by atoms with Gasteiger partial charge in [-0.3, -0.25) is 4.79 Å². The molecule has 20 heavy (non-hydrogen) atoms. The first kappa shape index (κ1) is 14.8. The van der Waals surface area contributed by atoms with Crippen LogP contribution in [0.1, 0.15) is 12.5 Å². The van der Waals surface area contributed by atoms with E-state index in [0.29, 0.717) is 0 Å². The molecule has 3 heteroatoms. The Morgan fingerprint density at radius 3 is 2.35 bits per heavy atom. The first-order valence-corrected chi connectivity index (χ1v) is 7.45. The summed E-state index contributed by atoms with van der Waals surface area (Å²) in [5, 5.41) is 0. The van der Waals surface area contributed by atoms with Gasteiger partial charge < -0.3 is 4.90 Å². The molecule has 2 aromatic carbocycles. The number of hydrogen-bond donors (Lipinski definition) is 0. The van der Waals surface area contributed by atoms with Gasteiger partial charge in [-0.25, -0.2) is 0 Å². The van der Waals surface area contributed by atoms with Crippen molar-refractivity contribution in [3.63, 3.8) is 0 Å². The predicted octanol–water partition coefficient (Wildman–Crippen LogP) is 4.29. The Labute approximate surface area is 128 Å². The van der Waals surface area contributed by atoms with E-state index in [4.69, 9.17) is 0 Å². The number of hydrogen-bond acceptors (Lipinski definition) is 1. The van der Waals surface area contributed by atoms with Crippen LogP contribution in [0, 0.1) is 5.92 Å². The topological polar surface area (TPSA) is 20.3 Å². The van der Waals surface area contributed by atoms with E-state index in [9.17, 15) is 4.79 Å². The molecule has 2 aromatic rings. The second-order valence-electron chi connectivity index (χ2n) is 4.94. The van der Waals surface area contributed by atoms with E-state index in [2.05, 4.69) is 28.1 Å². The fourth-order valence-electron chi connectivity index (χ4n) is 2.23. The summed E-state index contributed by atoms with van der Waals surface area (Å²) in [4.78, 5) is 14.2. The zero-order valence-electron chi connectivity index (χ0n) is 11.7. The standard InChI is InChI=1S/C17H18BrNO/c1-13(12-14-8-4-3-5-9-14)17(20)19(2)16-11-7-6-10-15(16)18/h3-11,13H,12H2,1-2H3. The van der Waals surface area contributed by atoms with Crippen LogP contribution < -0.4 is 4.90 Å². The Kier molecular flexibility index (Phi) is 4.96. The molecule has 0 aliphatic heterocycles. The van der Waals surface area contributed by atoms with Gasteiger partial charge in [0.25, 0.3) is 0 Å². The molecule has 0 N–H and O–H groups in total. The van der Waals surface area contributed by atoms with Crippen molar-refractivity contribution < 1.29 is 4.79 Å². The van der Waals surface area contributed by atoms with Gasteiger partial charge >= 0.3 is 0 Å². The molecule has 0 fully saturated rings. The molecule has 0 saturated heterocycles. The van der Waals surface area contributed by atoms with Crippen molar-refractivity contribution in [2.24, 2.45) is 5.92 Å². The quantitative estimate of drug-likeness (QED) is 0.818. The molecule has 0 aliphatic rings. The van der Waals surface area contributed by atoms with Crippen LogP contribution >= 0.6 is 15.9 Å². The molecular weight excluding hydrogens is 314 g/mol. The lowest BCUT2D eigenvalue weighted by atomic mass is 10.00. The SMILES string of the molecule is CC(Cc1ccccc1)C(=O)N(C)c1ccccc1Br. The predicted molar refractivity (Wildman–Crippen MR) is 86.9 cm³/mol. The molecule has 104 valence electrons. The number of amides is 1. The third kappa shape index (κ3) is 3.48. The number of carbonyl (C=O) groups is 1. The van der Waals surface area contributed by atoms with Crippen molar-refractivity contribution in [1.29, 1.82) is 0 Å². The van der Waals surface area contributed by atoms with Crippen LogP contribution in [0.5, 0.6) is 0 Å². The van der Waals surface area contributed by atoms with E-state index in [1.807, 2.05) is 56.4 Å². The first-order valence-electron chi connectivity index (χ1n) is 6.65. The van der Waals surface area contributed by atoms with Gasteiger partial charge in [0.2, 0.25) is 5.91 Å². The summed E-state index contributed by atoms with van der Waals surface area (Å²) >= 11 is 3.49. The molecule has 2 rings (SSSR count). The largest absolute Gasteiger partial charge is 0.314 e. The fraction of sp³-hybridized carbons (Fsp3) is 0.235. The average molecular weight is 332 g/mol. The zero-order chi connectivity index (χ0) is 14.5. The molecule has 1 unspecified atom stereocenters. The van der Waals surface area contributed by atoms with Gasteiger partial charge in [-0.05, 0) is 40.0 Å². The lowest BCUT2D eigenvalue weighted by Gasteiger charge is -2.22. The lowest BCUT2D eigenvalue weighted by molar-refractivity contribution is -0.121. The Bertz CT molecular complexity index is 583. The van der Waals surface area contributed by atoms with Crippen LogP contribution in [-0.4, -0.2) is 13.0 Å². The van der Waals surface area contributed by atoms with E-state index < -0.39 is 0 Å². The van der Waals surface area contributed by atoms with Crippen molar-refractivity contribution in [2.75, 3.05) is 11.9 Å². The monoisotopic (exact) mass is 331 g/mol. The summed E-state index contributed by atoms with van der Waals surface area (Å²) in [7, 11) is 1.82. The maximum atomic E-state index is 12.5. The van der Waals surface area contributed by atoms with Gasteiger partial charge in [0.15, 0.2) is 0 Å². The van der Waals surface area contributed by atoms with Crippen molar-refractivity contribution in [3.05, 3.63) is 64.6 Å². The Balaban J connectivity index is 2.09. The number of halogens is 1. The summed E-state index contributed by atoms with van der Waals surface area (Å²) in [6.45, 7) is 1.97. The Morgan fingerprint density at radius 2 is 1.70 bits per heavy atom. The highest BCUT2D eigenvalue weighted by molar-refractivity contribution is 9.10. The normalized spacial score (nSPS) is 11.9. The highest BCUT2D eigenvalue weighted by Crippen LogP contribution is 2.26. The van der Waals surface area contributed by atoms with Gasteiger partial charge in [0, 0.05) is 17.4 Å². The van der Waals surface area contributed by atoms with Crippen LogP contribution in [-0.2, 0) is 11.2 Å². The minimum absolute atomic E-state index is 0.0468. The molecule has 0 heterocycles. The molecule has 0 saturated carbocycles. The maximum Gasteiger partial charge on any atom is 0.229 e. The smallest absolute Gasteiger partial charge is 0.229 e. The zero-order valence-corrected chi connectivity index (χ0v) is 13.3. The molecule has 0 aromatic heterocycles. The number of carbonyl (C=O) groups excluding carboxylic acids is 1. The summed E-state index contributed by atoms with van der Waals surface area (Å²) in [5.74, 6) is 0.0789. The van der Waals surface area contributed by atoms with Crippen molar-refractivity contribution >= 4 is 27.5 Å². The van der Waals surface area contributed by atoms with Crippen molar-refractivity contribution in [2.45, 2.75) is 13.3 Å². The van der Waals surface area contributed by atoms with Gasteiger partial charge in [0.05, 0.1) is 5.69 Å². The van der Waals surface area contributed by atoms with Crippen LogP contribution in [0.2, 0.25) is 0 Å². The van der Waals surface area contributed by atoms with E-state index in [-0.39, 0.29) is 11.8 Å². The average Bonchev–Trinajstić information content (AvgIpc) is 2.47. The molecule has 0 aliphatic carbocycles. The molecule has 0 spiro atoms. The second-order valence-corrected chi connectivity index (χ2v) is 5.79. The fourth-order valence-corrected chi connectivity index (χ4v) is 2.78. The van der Waals surface area contributed by atoms with E-state index in [1.165, 1.54) is 5.56 Å². The number of anilines is 1. The van der Waals surface area contributed by atoms with Crippen LogP contribution in [0.25, 0.3) is 0 Å². The molecule has 2 nitrogen and oxygen atoms in total. The Morgan fingerprint density at radius 1 is 1.10 bits per heavy atom. The van der Waals surface area contributed by atoms with E-state index >= 15 is 0 Å². The third-order valence-corrected chi connectivity index (χ3v) is 4.02. The number of para-hydroxylation sites is 1.